The highest BCUT2D eigenvalue weighted by Gasteiger charge is 2.15. The predicted octanol–water partition coefficient (Wildman–Crippen LogP) is 0.884. The Labute approximate surface area is 101 Å². The van der Waals surface area contributed by atoms with Crippen molar-refractivity contribution in [3.8, 4) is 11.5 Å². The predicted molar refractivity (Wildman–Crippen MR) is 62.0 cm³/mol. The second-order valence-corrected chi connectivity index (χ2v) is 3.99. The summed E-state index contributed by atoms with van der Waals surface area (Å²) in [4.78, 5) is 25.0. The van der Waals surface area contributed by atoms with Crippen LogP contribution in [0.4, 0.5) is 0 Å². The molecule has 6 nitrogen and oxygen atoms in total. The quantitative estimate of drug-likeness (QED) is 0.822. The first-order chi connectivity index (χ1) is 8.63. The number of hydrogen-bond donors (Lipinski definition) is 2. The number of nitrogens with one attached hydrogen (secondary N) is 1. The van der Waals surface area contributed by atoms with Crippen LogP contribution in [0.1, 0.15) is 5.56 Å². The number of rotatable bonds is 2. The van der Waals surface area contributed by atoms with E-state index in [1.54, 1.807) is 18.2 Å². The Balaban J connectivity index is 2.19. The van der Waals surface area contributed by atoms with Crippen LogP contribution in [0.2, 0.25) is 0 Å². The number of aromatic amines is 1. The minimum Gasteiger partial charge on any atom is -0.481 e. The van der Waals surface area contributed by atoms with Crippen LogP contribution in [0.5, 0.6) is 11.5 Å². The van der Waals surface area contributed by atoms with E-state index < -0.39 is 11.5 Å². The third-order valence-corrected chi connectivity index (χ3v) is 2.76. The highest BCUT2D eigenvalue weighted by atomic mass is 16.7. The van der Waals surface area contributed by atoms with E-state index in [0.717, 1.165) is 5.39 Å². The number of pyridine rings is 1. The standard InChI is InChI=1S/C12H9NO5/c14-11(15)3-7-1-6-2-9-10(18-5-17-9)4-8(6)13-12(7)16/h1-2,4H,3,5H2,(H,13,16)(H,14,15). The number of aromatic nitrogens is 1. The molecule has 1 aliphatic rings. The Kier molecular flexibility index (Phi) is 2.22. The molecule has 2 N–H and O–H groups in total. The van der Waals surface area contributed by atoms with Gasteiger partial charge in [-0.1, -0.05) is 0 Å². The van der Waals surface area contributed by atoms with E-state index in [4.69, 9.17) is 14.6 Å². The van der Waals surface area contributed by atoms with Crippen LogP contribution in [-0.2, 0) is 11.2 Å². The number of carbonyl (C=O) groups is 1. The van der Waals surface area contributed by atoms with E-state index in [0.29, 0.717) is 17.0 Å². The molecule has 0 saturated carbocycles. The highest BCUT2D eigenvalue weighted by molar-refractivity contribution is 5.84. The van der Waals surface area contributed by atoms with Gasteiger partial charge in [0.1, 0.15) is 0 Å². The van der Waals surface area contributed by atoms with Crippen molar-refractivity contribution in [3.05, 3.63) is 34.1 Å². The van der Waals surface area contributed by atoms with Crippen LogP contribution in [-0.4, -0.2) is 22.9 Å². The van der Waals surface area contributed by atoms with Crippen molar-refractivity contribution in [1.29, 1.82) is 0 Å². The van der Waals surface area contributed by atoms with E-state index in [-0.39, 0.29) is 18.8 Å². The fourth-order valence-corrected chi connectivity index (χ4v) is 1.94. The smallest absolute Gasteiger partial charge is 0.308 e. The van der Waals surface area contributed by atoms with Gasteiger partial charge in [0.2, 0.25) is 6.79 Å². The van der Waals surface area contributed by atoms with Crippen LogP contribution >= 0.6 is 0 Å². The molecule has 0 unspecified atom stereocenters. The van der Waals surface area contributed by atoms with Gasteiger partial charge in [-0.15, -0.1) is 0 Å². The van der Waals surface area contributed by atoms with Gasteiger partial charge in [-0.25, -0.2) is 0 Å². The summed E-state index contributed by atoms with van der Waals surface area (Å²) >= 11 is 0. The second-order valence-electron chi connectivity index (χ2n) is 3.99. The molecule has 0 fully saturated rings. The molecule has 0 spiro atoms. The number of hydrogen-bond acceptors (Lipinski definition) is 4. The molecule has 0 amide bonds. The van der Waals surface area contributed by atoms with Gasteiger partial charge in [0.25, 0.3) is 5.56 Å². The van der Waals surface area contributed by atoms with E-state index in [9.17, 15) is 9.59 Å². The SMILES string of the molecule is O=C(O)Cc1cc2cc3c(cc2[nH]c1=O)OCO3. The van der Waals surface area contributed by atoms with Gasteiger partial charge in [-0.2, -0.15) is 0 Å². The van der Waals surface area contributed by atoms with Gasteiger partial charge >= 0.3 is 5.97 Å². The summed E-state index contributed by atoms with van der Waals surface area (Å²) in [5.74, 6) is 0.126. The van der Waals surface area contributed by atoms with Gasteiger partial charge in [0.05, 0.1) is 11.9 Å². The molecule has 1 aromatic carbocycles. The molecule has 0 bridgehead atoms. The molecule has 18 heavy (non-hydrogen) atoms. The third-order valence-electron chi connectivity index (χ3n) is 2.76. The molecule has 2 aromatic rings. The van der Waals surface area contributed by atoms with E-state index in [1.807, 2.05) is 0 Å². The fraction of sp³-hybridized carbons (Fsp3) is 0.167. The summed E-state index contributed by atoms with van der Waals surface area (Å²) in [5.41, 5.74) is 0.413. The number of ether oxygens (including phenoxy) is 2. The monoisotopic (exact) mass is 247 g/mol. The molecule has 0 aliphatic carbocycles. The highest BCUT2D eigenvalue weighted by Crippen LogP contribution is 2.35. The Hall–Kier alpha value is -2.50. The van der Waals surface area contributed by atoms with Crippen LogP contribution < -0.4 is 15.0 Å². The van der Waals surface area contributed by atoms with Crippen molar-refractivity contribution in [2.75, 3.05) is 6.79 Å². The Bertz CT molecular complexity index is 703. The molecular weight excluding hydrogens is 238 g/mol. The van der Waals surface area contributed by atoms with Crippen LogP contribution in [0, 0.1) is 0 Å². The van der Waals surface area contributed by atoms with Gasteiger partial charge in [-0.3, -0.25) is 9.59 Å². The summed E-state index contributed by atoms with van der Waals surface area (Å²) in [6.45, 7) is 0.151. The minimum atomic E-state index is -1.04. The second kappa shape index (κ2) is 3.76. The van der Waals surface area contributed by atoms with Crippen LogP contribution in [0.3, 0.4) is 0 Å². The molecule has 0 atom stereocenters. The van der Waals surface area contributed by atoms with Crippen LogP contribution in [0.15, 0.2) is 23.0 Å². The maximum absolute atomic E-state index is 11.7. The van der Waals surface area contributed by atoms with Crippen molar-refractivity contribution in [2.45, 2.75) is 6.42 Å². The van der Waals surface area contributed by atoms with Gasteiger partial charge in [0.15, 0.2) is 11.5 Å². The third kappa shape index (κ3) is 1.67. The molecule has 6 heteroatoms. The lowest BCUT2D eigenvalue weighted by Crippen LogP contribution is -2.15. The van der Waals surface area contributed by atoms with Crippen molar-refractivity contribution in [3.63, 3.8) is 0 Å². The zero-order chi connectivity index (χ0) is 12.7. The first-order valence-corrected chi connectivity index (χ1v) is 5.31. The Morgan fingerprint density at radius 1 is 1.28 bits per heavy atom. The summed E-state index contributed by atoms with van der Waals surface area (Å²) in [7, 11) is 0. The van der Waals surface area contributed by atoms with Crippen molar-refractivity contribution >= 4 is 16.9 Å². The number of H-pyrrole nitrogens is 1. The average Bonchev–Trinajstić information content (AvgIpc) is 2.73. The lowest BCUT2D eigenvalue weighted by atomic mass is 10.1. The molecule has 1 aliphatic heterocycles. The van der Waals surface area contributed by atoms with Crippen LogP contribution in [0.25, 0.3) is 10.9 Å². The lowest BCUT2D eigenvalue weighted by molar-refractivity contribution is -0.136. The maximum atomic E-state index is 11.7. The van der Waals surface area contributed by atoms with Crippen molar-refractivity contribution in [1.82, 2.24) is 4.98 Å². The Morgan fingerprint density at radius 2 is 2.00 bits per heavy atom. The van der Waals surface area contributed by atoms with Crippen molar-refractivity contribution < 1.29 is 19.4 Å². The molecule has 1 aromatic heterocycles. The number of benzene rings is 1. The fourth-order valence-electron chi connectivity index (χ4n) is 1.94. The molecule has 92 valence electrons. The van der Waals surface area contributed by atoms with E-state index in [2.05, 4.69) is 4.98 Å². The lowest BCUT2D eigenvalue weighted by Gasteiger charge is -2.03. The maximum Gasteiger partial charge on any atom is 0.308 e. The summed E-state index contributed by atoms with van der Waals surface area (Å²) < 4.78 is 10.4. The first-order valence-electron chi connectivity index (χ1n) is 5.31. The summed E-state index contributed by atoms with van der Waals surface area (Å²) in [6, 6.07) is 4.95. The summed E-state index contributed by atoms with van der Waals surface area (Å²) in [6.07, 6.45) is -0.306. The van der Waals surface area contributed by atoms with E-state index in [1.165, 1.54) is 0 Å². The van der Waals surface area contributed by atoms with Gasteiger partial charge in [0, 0.05) is 17.0 Å². The minimum absolute atomic E-state index is 0.151. The molecule has 3 rings (SSSR count). The molecule has 2 heterocycles. The summed E-state index contributed by atoms with van der Waals surface area (Å²) in [5, 5.41) is 9.44. The normalized spacial score (nSPS) is 12.9. The Morgan fingerprint density at radius 3 is 2.72 bits per heavy atom. The zero-order valence-corrected chi connectivity index (χ0v) is 9.23. The van der Waals surface area contributed by atoms with Crippen molar-refractivity contribution in [2.24, 2.45) is 0 Å². The molecule has 0 saturated heterocycles. The average molecular weight is 247 g/mol. The number of fused-ring (bicyclic) bond motifs is 2. The molecule has 0 radical (unpaired) electrons. The van der Waals surface area contributed by atoms with E-state index >= 15 is 0 Å². The molecular formula is C12H9NO5. The zero-order valence-electron chi connectivity index (χ0n) is 9.23. The number of aliphatic carboxylic acids is 1. The van der Waals surface area contributed by atoms with Gasteiger partial charge in [-0.05, 0) is 12.1 Å². The first kappa shape index (κ1) is 10.6. The number of carboxylic acid groups (broad SMARTS) is 1. The number of carboxylic acids is 1. The van der Waals surface area contributed by atoms with Gasteiger partial charge < -0.3 is 19.6 Å². The largest absolute Gasteiger partial charge is 0.481 e. The topological polar surface area (TPSA) is 88.6 Å².